The standard InChI is InChI=1S/C30H24FNO4/c31-26-14-8-23(9-15-26)20-32(29(34)17-10-21-4-2-1-3-5-21)19-22-6-11-24(12-7-22)25-13-16-28(33)27(18-25)30(35)36/h1-18,33H,19-20H2,(H,35,36). The number of amides is 1. The minimum Gasteiger partial charge on any atom is -0.507 e. The van der Waals surface area contributed by atoms with Crippen LogP contribution in [0.15, 0.2) is 103 Å². The molecule has 2 N–H and O–H groups in total. The van der Waals surface area contributed by atoms with E-state index in [9.17, 15) is 24.2 Å². The second kappa shape index (κ2) is 11.1. The van der Waals surface area contributed by atoms with Gasteiger partial charge >= 0.3 is 5.97 Å². The first kappa shape index (κ1) is 24.4. The summed E-state index contributed by atoms with van der Waals surface area (Å²) in [5, 5.41) is 19.0. The molecule has 0 atom stereocenters. The zero-order chi connectivity index (χ0) is 25.5. The minimum absolute atomic E-state index is 0.169. The topological polar surface area (TPSA) is 77.8 Å². The lowest BCUT2D eigenvalue weighted by molar-refractivity contribution is -0.127. The maximum Gasteiger partial charge on any atom is 0.339 e. The van der Waals surface area contributed by atoms with Crippen LogP contribution in [0.4, 0.5) is 4.39 Å². The summed E-state index contributed by atoms with van der Waals surface area (Å²) in [6, 6.07) is 27.4. The van der Waals surface area contributed by atoms with Crippen LogP contribution in [0.5, 0.6) is 5.75 Å². The molecule has 1 amide bonds. The van der Waals surface area contributed by atoms with Gasteiger partial charge in [0.2, 0.25) is 5.91 Å². The number of rotatable bonds is 8. The summed E-state index contributed by atoms with van der Waals surface area (Å²) in [4.78, 5) is 26.1. The number of aromatic carboxylic acids is 1. The molecule has 0 aliphatic carbocycles. The number of hydrogen-bond donors (Lipinski definition) is 2. The SMILES string of the molecule is O=C(O)c1cc(-c2ccc(CN(Cc3ccc(F)cc3)C(=O)C=Cc3ccccc3)cc2)ccc1O. The number of nitrogens with zero attached hydrogens (tertiary/aromatic N) is 1. The van der Waals surface area contributed by atoms with Gasteiger partial charge in [0.1, 0.15) is 17.1 Å². The van der Waals surface area contributed by atoms with Gasteiger partial charge < -0.3 is 15.1 Å². The fraction of sp³-hybridized carbons (Fsp3) is 0.0667. The number of hydrogen-bond acceptors (Lipinski definition) is 3. The first-order valence-electron chi connectivity index (χ1n) is 11.3. The molecular formula is C30H24FNO4. The smallest absolute Gasteiger partial charge is 0.339 e. The van der Waals surface area contributed by atoms with Crippen LogP contribution >= 0.6 is 0 Å². The highest BCUT2D eigenvalue weighted by molar-refractivity contribution is 5.93. The molecule has 0 aromatic heterocycles. The van der Waals surface area contributed by atoms with Gasteiger partial charge in [0, 0.05) is 19.2 Å². The molecule has 6 heteroatoms. The Morgan fingerprint density at radius 2 is 1.36 bits per heavy atom. The number of carbonyl (C=O) groups excluding carboxylic acids is 1. The zero-order valence-corrected chi connectivity index (χ0v) is 19.3. The van der Waals surface area contributed by atoms with Gasteiger partial charge in [-0.1, -0.05) is 72.8 Å². The predicted molar refractivity (Wildman–Crippen MR) is 137 cm³/mol. The monoisotopic (exact) mass is 481 g/mol. The molecule has 0 heterocycles. The van der Waals surface area contributed by atoms with E-state index in [2.05, 4.69) is 0 Å². The van der Waals surface area contributed by atoms with E-state index in [1.54, 1.807) is 29.2 Å². The number of carboxylic acids is 1. The molecule has 180 valence electrons. The Balaban J connectivity index is 1.55. The van der Waals surface area contributed by atoms with Crippen LogP contribution in [0.1, 0.15) is 27.0 Å². The van der Waals surface area contributed by atoms with Gasteiger partial charge in [0.25, 0.3) is 0 Å². The molecule has 4 aromatic carbocycles. The Morgan fingerprint density at radius 1 is 0.778 bits per heavy atom. The highest BCUT2D eigenvalue weighted by Crippen LogP contribution is 2.26. The average molecular weight is 482 g/mol. The molecule has 0 bridgehead atoms. The molecule has 0 aliphatic heterocycles. The minimum atomic E-state index is -1.20. The van der Waals surface area contributed by atoms with Gasteiger partial charge in [-0.05, 0) is 58.2 Å². The summed E-state index contributed by atoms with van der Waals surface area (Å²) in [5.74, 6) is -2.01. The number of carbonyl (C=O) groups is 2. The quantitative estimate of drug-likeness (QED) is 0.297. The lowest BCUT2D eigenvalue weighted by Crippen LogP contribution is -2.28. The molecule has 0 aliphatic rings. The van der Waals surface area contributed by atoms with Crippen molar-refractivity contribution in [1.82, 2.24) is 4.90 Å². The maximum absolute atomic E-state index is 13.4. The van der Waals surface area contributed by atoms with E-state index in [1.165, 1.54) is 30.3 Å². The Morgan fingerprint density at radius 3 is 1.97 bits per heavy atom. The maximum atomic E-state index is 13.4. The summed E-state index contributed by atoms with van der Waals surface area (Å²) < 4.78 is 13.4. The van der Waals surface area contributed by atoms with E-state index in [1.807, 2.05) is 54.6 Å². The first-order chi connectivity index (χ1) is 17.4. The van der Waals surface area contributed by atoms with Crippen molar-refractivity contribution in [2.75, 3.05) is 0 Å². The third-order valence-corrected chi connectivity index (χ3v) is 5.70. The van der Waals surface area contributed by atoms with Gasteiger partial charge in [-0.15, -0.1) is 0 Å². The second-order valence-corrected chi connectivity index (χ2v) is 8.30. The fourth-order valence-electron chi connectivity index (χ4n) is 3.77. The van der Waals surface area contributed by atoms with Crippen molar-refractivity contribution in [3.8, 4) is 16.9 Å². The number of aromatic hydroxyl groups is 1. The Bertz CT molecular complexity index is 1380. The van der Waals surface area contributed by atoms with Crippen LogP contribution < -0.4 is 0 Å². The fourth-order valence-corrected chi connectivity index (χ4v) is 3.77. The number of carboxylic acid groups (broad SMARTS) is 1. The largest absolute Gasteiger partial charge is 0.507 e. The van der Waals surface area contributed by atoms with Crippen LogP contribution in [-0.2, 0) is 17.9 Å². The van der Waals surface area contributed by atoms with Crippen molar-refractivity contribution in [3.05, 3.63) is 131 Å². The van der Waals surface area contributed by atoms with Gasteiger partial charge in [0.15, 0.2) is 0 Å². The van der Waals surface area contributed by atoms with Gasteiger partial charge in [0.05, 0.1) is 0 Å². The molecule has 0 saturated carbocycles. The molecular weight excluding hydrogens is 457 g/mol. The number of phenols is 1. The molecule has 36 heavy (non-hydrogen) atoms. The second-order valence-electron chi connectivity index (χ2n) is 8.30. The van der Waals surface area contributed by atoms with E-state index in [4.69, 9.17) is 0 Å². The molecule has 5 nitrogen and oxygen atoms in total. The Labute approximate surface area is 208 Å². The van der Waals surface area contributed by atoms with E-state index >= 15 is 0 Å². The lowest BCUT2D eigenvalue weighted by atomic mass is 10.0. The summed E-state index contributed by atoms with van der Waals surface area (Å²) in [7, 11) is 0. The van der Waals surface area contributed by atoms with Gasteiger partial charge in [-0.25, -0.2) is 9.18 Å². The average Bonchev–Trinajstić information content (AvgIpc) is 2.89. The van der Waals surface area contributed by atoms with Crippen LogP contribution in [0.2, 0.25) is 0 Å². The van der Waals surface area contributed by atoms with Crippen LogP contribution in [0.25, 0.3) is 17.2 Å². The van der Waals surface area contributed by atoms with E-state index in [0.717, 1.165) is 22.3 Å². The van der Waals surface area contributed by atoms with E-state index in [0.29, 0.717) is 18.7 Å². The Kier molecular flexibility index (Phi) is 7.56. The summed E-state index contributed by atoms with van der Waals surface area (Å²) in [5.41, 5.74) is 3.85. The molecule has 0 unspecified atom stereocenters. The van der Waals surface area contributed by atoms with Crippen LogP contribution in [-0.4, -0.2) is 27.0 Å². The third-order valence-electron chi connectivity index (χ3n) is 5.70. The van der Waals surface area contributed by atoms with Gasteiger partial charge in [-0.3, -0.25) is 4.79 Å². The molecule has 0 spiro atoms. The molecule has 4 rings (SSSR count). The number of halogens is 1. The van der Waals surface area contributed by atoms with Crippen molar-refractivity contribution in [2.45, 2.75) is 13.1 Å². The van der Waals surface area contributed by atoms with Crippen molar-refractivity contribution in [2.24, 2.45) is 0 Å². The summed E-state index contributed by atoms with van der Waals surface area (Å²) in [6.07, 6.45) is 3.28. The molecule has 4 aromatic rings. The predicted octanol–water partition coefficient (Wildman–Crippen LogP) is 6.14. The molecule has 0 radical (unpaired) electrons. The summed E-state index contributed by atoms with van der Waals surface area (Å²) >= 11 is 0. The highest BCUT2D eigenvalue weighted by Gasteiger charge is 2.14. The number of benzene rings is 4. The van der Waals surface area contributed by atoms with Crippen molar-refractivity contribution in [3.63, 3.8) is 0 Å². The lowest BCUT2D eigenvalue weighted by Gasteiger charge is -2.22. The Hall–Kier alpha value is -4.71. The zero-order valence-electron chi connectivity index (χ0n) is 19.3. The van der Waals surface area contributed by atoms with E-state index in [-0.39, 0.29) is 23.0 Å². The summed E-state index contributed by atoms with van der Waals surface area (Å²) in [6.45, 7) is 0.630. The highest BCUT2D eigenvalue weighted by atomic mass is 19.1. The van der Waals surface area contributed by atoms with Crippen LogP contribution in [0, 0.1) is 5.82 Å². The van der Waals surface area contributed by atoms with Crippen molar-refractivity contribution < 1.29 is 24.2 Å². The normalized spacial score (nSPS) is 10.9. The molecule has 0 fully saturated rings. The van der Waals surface area contributed by atoms with Crippen molar-refractivity contribution >= 4 is 18.0 Å². The van der Waals surface area contributed by atoms with E-state index < -0.39 is 5.97 Å². The third kappa shape index (κ3) is 6.24. The van der Waals surface area contributed by atoms with Crippen LogP contribution in [0.3, 0.4) is 0 Å². The first-order valence-corrected chi connectivity index (χ1v) is 11.3. The molecule has 0 saturated heterocycles. The van der Waals surface area contributed by atoms with Gasteiger partial charge in [-0.2, -0.15) is 0 Å². The van der Waals surface area contributed by atoms with Crippen molar-refractivity contribution in [1.29, 1.82) is 0 Å².